The Bertz CT molecular complexity index is 1630. The van der Waals surface area contributed by atoms with E-state index in [1.165, 1.54) is 0 Å². The van der Waals surface area contributed by atoms with Crippen molar-refractivity contribution in [3.8, 4) is 6.07 Å². The second kappa shape index (κ2) is 12.8. The van der Waals surface area contributed by atoms with E-state index in [-0.39, 0.29) is 24.8 Å². The van der Waals surface area contributed by atoms with Gasteiger partial charge in [0.25, 0.3) is 11.8 Å². The number of esters is 1. The number of nitrogens with zero attached hydrogens (tertiary/aromatic N) is 3. The fourth-order valence-electron chi connectivity index (χ4n) is 5.36. The zero-order valence-electron chi connectivity index (χ0n) is 23.5. The summed E-state index contributed by atoms with van der Waals surface area (Å²) in [6.45, 7) is 3.75. The first-order valence-corrected chi connectivity index (χ1v) is 14.8. The van der Waals surface area contributed by atoms with E-state index in [0.717, 1.165) is 16.9 Å². The van der Waals surface area contributed by atoms with Crippen molar-refractivity contribution in [2.75, 3.05) is 11.5 Å². The molecule has 0 bridgehead atoms. The lowest BCUT2D eigenvalue weighted by Gasteiger charge is -2.35. The van der Waals surface area contributed by atoms with Crippen molar-refractivity contribution < 1.29 is 19.1 Å². The fourth-order valence-corrected chi connectivity index (χ4v) is 6.17. The van der Waals surface area contributed by atoms with Crippen LogP contribution in [0, 0.1) is 11.3 Å². The van der Waals surface area contributed by atoms with Gasteiger partial charge in [0.15, 0.2) is 0 Å². The molecule has 2 amide bonds. The van der Waals surface area contributed by atoms with Crippen LogP contribution in [-0.4, -0.2) is 35.3 Å². The van der Waals surface area contributed by atoms with Crippen LogP contribution in [0.4, 0.5) is 11.4 Å². The minimum absolute atomic E-state index is 0.0455. The topological polar surface area (TPSA) is 90.7 Å². The summed E-state index contributed by atoms with van der Waals surface area (Å²) in [6, 6.07) is 26.6. The first kappa shape index (κ1) is 28.8. The third-order valence-corrected chi connectivity index (χ3v) is 8.31. The van der Waals surface area contributed by atoms with Crippen LogP contribution in [-0.2, 0) is 27.2 Å². The Morgan fingerprint density at radius 1 is 1.00 bits per heavy atom. The number of thiophene rings is 1. The molecule has 5 rings (SSSR count). The lowest BCUT2D eigenvalue weighted by molar-refractivity contribution is -0.144. The highest BCUT2D eigenvalue weighted by atomic mass is 32.1. The van der Waals surface area contributed by atoms with E-state index in [1.54, 1.807) is 35.0 Å². The van der Waals surface area contributed by atoms with Gasteiger partial charge >= 0.3 is 5.97 Å². The molecule has 0 fully saturated rings. The van der Waals surface area contributed by atoms with Crippen molar-refractivity contribution in [3.63, 3.8) is 0 Å². The zero-order chi connectivity index (χ0) is 29.6. The van der Waals surface area contributed by atoms with E-state index in [2.05, 4.69) is 6.07 Å². The molecule has 7 nitrogen and oxygen atoms in total. The van der Waals surface area contributed by atoms with E-state index in [0.29, 0.717) is 34.5 Å². The van der Waals surface area contributed by atoms with Gasteiger partial charge in [-0.25, -0.2) is 0 Å². The molecule has 1 aromatic heterocycles. The quantitative estimate of drug-likeness (QED) is 0.209. The second-order valence-electron chi connectivity index (χ2n) is 10.2. The third kappa shape index (κ3) is 5.97. The van der Waals surface area contributed by atoms with Gasteiger partial charge in [0.2, 0.25) is 0 Å². The van der Waals surface area contributed by atoms with Crippen LogP contribution in [0.25, 0.3) is 0 Å². The molecule has 0 saturated carbocycles. The summed E-state index contributed by atoms with van der Waals surface area (Å²) in [5.74, 6) is -1.04. The molecule has 0 radical (unpaired) electrons. The molecule has 4 aromatic rings. The van der Waals surface area contributed by atoms with E-state index in [4.69, 9.17) is 4.74 Å². The molecule has 2 unspecified atom stereocenters. The molecule has 0 saturated heterocycles. The molecule has 0 aliphatic carbocycles. The third-order valence-electron chi connectivity index (χ3n) is 7.31. The van der Waals surface area contributed by atoms with Crippen LogP contribution >= 0.6 is 11.3 Å². The molecule has 0 N–H and O–H groups in total. The Balaban J connectivity index is 1.62. The number of benzene rings is 3. The molecule has 0 spiro atoms. The van der Waals surface area contributed by atoms with Gasteiger partial charge in [-0.3, -0.25) is 19.3 Å². The van der Waals surface area contributed by atoms with Gasteiger partial charge < -0.3 is 9.64 Å². The molecule has 212 valence electrons. The van der Waals surface area contributed by atoms with Gasteiger partial charge in [-0.15, -0.1) is 11.3 Å². The highest BCUT2D eigenvalue weighted by molar-refractivity contribution is 7.10. The Labute approximate surface area is 249 Å². The Kier molecular flexibility index (Phi) is 8.80. The van der Waals surface area contributed by atoms with Crippen LogP contribution in [0.1, 0.15) is 58.2 Å². The highest BCUT2D eigenvalue weighted by Crippen LogP contribution is 2.40. The maximum atomic E-state index is 14.6. The number of amides is 2. The number of para-hydroxylation sites is 1. The van der Waals surface area contributed by atoms with Gasteiger partial charge in [0.1, 0.15) is 6.04 Å². The summed E-state index contributed by atoms with van der Waals surface area (Å²) in [5, 5.41) is 11.0. The zero-order valence-corrected chi connectivity index (χ0v) is 24.3. The van der Waals surface area contributed by atoms with Gasteiger partial charge in [-0.05, 0) is 68.1 Å². The van der Waals surface area contributed by atoms with Gasteiger partial charge in [0, 0.05) is 22.0 Å². The molecule has 1 aliphatic rings. The fraction of sp³-hybridized carbons (Fsp3) is 0.235. The number of hydrogen-bond acceptors (Lipinski definition) is 6. The molecular weight excluding hydrogens is 546 g/mol. The van der Waals surface area contributed by atoms with Crippen molar-refractivity contribution in [3.05, 3.63) is 117 Å². The van der Waals surface area contributed by atoms with Gasteiger partial charge in [0.05, 0.1) is 35.9 Å². The first-order chi connectivity index (χ1) is 20.4. The molecule has 3 aromatic carbocycles. The van der Waals surface area contributed by atoms with Gasteiger partial charge in [-0.1, -0.05) is 54.6 Å². The van der Waals surface area contributed by atoms with E-state index in [1.807, 2.05) is 90.3 Å². The molecule has 8 heteroatoms. The predicted octanol–water partition coefficient (Wildman–Crippen LogP) is 6.61. The molecule has 2 atom stereocenters. The number of aryl methyl sites for hydroxylation is 2. The summed E-state index contributed by atoms with van der Waals surface area (Å²) in [5.41, 5.74) is 3.77. The van der Waals surface area contributed by atoms with E-state index >= 15 is 0 Å². The van der Waals surface area contributed by atoms with Crippen molar-refractivity contribution >= 4 is 40.5 Å². The molecule has 2 heterocycles. The highest BCUT2D eigenvalue weighted by Gasteiger charge is 2.43. The second-order valence-corrected chi connectivity index (χ2v) is 11.2. The lowest BCUT2D eigenvalue weighted by atomic mass is 10.00. The van der Waals surface area contributed by atoms with Crippen LogP contribution < -0.4 is 4.90 Å². The minimum atomic E-state index is -0.963. The molecule has 42 heavy (non-hydrogen) atoms. The smallest absolute Gasteiger partial charge is 0.307 e. The normalized spacial score (nSPS) is 15.5. The predicted molar refractivity (Wildman–Crippen MR) is 163 cm³/mol. The number of anilines is 2. The first-order valence-electron chi connectivity index (χ1n) is 13.9. The number of ether oxygens (including phenoxy) is 1. The molecule has 1 aliphatic heterocycles. The number of nitriles is 1. The number of carbonyl (C=O) groups excluding carboxylic acids is 3. The Morgan fingerprint density at radius 3 is 2.38 bits per heavy atom. The molecular formula is C34H31N3O4S. The summed E-state index contributed by atoms with van der Waals surface area (Å²) in [6.07, 6.45) is 1.33. The number of fused-ring (bicyclic) bond motifs is 1. The van der Waals surface area contributed by atoms with Crippen LogP contribution in [0.5, 0.6) is 0 Å². The van der Waals surface area contributed by atoms with Crippen molar-refractivity contribution in [1.29, 1.82) is 5.26 Å². The van der Waals surface area contributed by atoms with Crippen molar-refractivity contribution in [2.45, 2.75) is 45.2 Å². The van der Waals surface area contributed by atoms with Crippen LogP contribution in [0.2, 0.25) is 0 Å². The van der Waals surface area contributed by atoms with Crippen LogP contribution in [0.3, 0.4) is 0 Å². The Hall–Kier alpha value is -4.74. The monoisotopic (exact) mass is 577 g/mol. The number of hydrogen-bond donors (Lipinski definition) is 0. The van der Waals surface area contributed by atoms with Gasteiger partial charge in [-0.2, -0.15) is 5.26 Å². The SMILES string of the molecule is CCOC(=O)CC(C)N1C(=O)c2cc(CCc3cc(C#N)cs3)ccc2N(c2ccccc2)C(=O)C1c1ccccc1. The number of carbonyl (C=O) groups is 3. The summed E-state index contributed by atoms with van der Waals surface area (Å²) >= 11 is 1.54. The van der Waals surface area contributed by atoms with E-state index in [9.17, 15) is 19.6 Å². The summed E-state index contributed by atoms with van der Waals surface area (Å²) in [7, 11) is 0. The van der Waals surface area contributed by atoms with Crippen molar-refractivity contribution in [1.82, 2.24) is 4.90 Å². The number of rotatable bonds is 9. The van der Waals surface area contributed by atoms with Crippen LogP contribution in [0.15, 0.2) is 90.3 Å². The average Bonchev–Trinajstić information content (AvgIpc) is 3.45. The maximum absolute atomic E-state index is 14.6. The van der Waals surface area contributed by atoms with Crippen molar-refractivity contribution in [2.24, 2.45) is 0 Å². The average molecular weight is 578 g/mol. The largest absolute Gasteiger partial charge is 0.466 e. The maximum Gasteiger partial charge on any atom is 0.307 e. The standard InChI is InChI=1S/C34H31N3O4S/c1-3-41-31(38)18-23(2)36-32(26-10-6-4-7-11-26)34(40)37(27-12-8-5-9-13-27)30-17-15-24(20-29(30)33(36)39)14-16-28-19-25(21-35)22-42-28/h4-13,15,17,19-20,22-23,32H,3,14,16,18H2,1-2H3. The van der Waals surface area contributed by atoms with E-state index < -0.39 is 18.1 Å². The minimum Gasteiger partial charge on any atom is -0.466 e. The summed E-state index contributed by atoms with van der Waals surface area (Å²) in [4.78, 5) is 46.0. The lowest BCUT2D eigenvalue weighted by Crippen LogP contribution is -2.46. The Morgan fingerprint density at radius 2 is 1.71 bits per heavy atom. The summed E-state index contributed by atoms with van der Waals surface area (Å²) < 4.78 is 5.21.